The highest BCUT2D eigenvalue weighted by Crippen LogP contribution is 2.20. The first-order valence-corrected chi connectivity index (χ1v) is 6.50. The molecule has 0 bridgehead atoms. The van der Waals surface area contributed by atoms with Crippen molar-refractivity contribution in [3.05, 3.63) is 0 Å². The monoisotopic (exact) mass is 282 g/mol. The third-order valence-corrected chi connectivity index (χ3v) is 2.45. The molecule has 1 atom stereocenters. The van der Waals surface area contributed by atoms with Gasteiger partial charge in [0.15, 0.2) is 0 Å². The molecular formula is C12H24F2N2O3. The first kappa shape index (κ1) is 18.0. The molecule has 0 spiro atoms. The summed E-state index contributed by atoms with van der Waals surface area (Å²) in [5, 5.41) is 13.8. The van der Waals surface area contributed by atoms with Crippen LogP contribution in [0.1, 0.15) is 33.1 Å². The summed E-state index contributed by atoms with van der Waals surface area (Å²) in [5.41, 5.74) is 0. The molecule has 3 N–H and O–H groups in total. The Morgan fingerprint density at radius 2 is 2.05 bits per heavy atom. The van der Waals surface area contributed by atoms with Gasteiger partial charge in [-0.2, -0.15) is 0 Å². The van der Waals surface area contributed by atoms with E-state index in [1.54, 1.807) is 6.92 Å². The van der Waals surface area contributed by atoms with Crippen LogP contribution in [0, 0.1) is 0 Å². The minimum absolute atomic E-state index is 0.0819. The highest BCUT2D eigenvalue weighted by atomic mass is 19.3. The molecule has 0 aliphatic rings. The Morgan fingerprint density at radius 3 is 2.58 bits per heavy atom. The van der Waals surface area contributed by atoms with Gasteiger partial charge in [-0.15, -0.1) is 0 Å². The number of hydrogen-bond acceptors (Lipinski definition) is 3. The molecular weight excluding hydrogens is 258 g/mol. The Labute approximate surface area is 112 Å². The second-order valence-corrected chi connectivity index (χ2v) is 4.43. The largest absolute Gasteiger partial charge is 0.394 e. The van der Waals surface area contributed by atoms with E-state index in [4.69, 9.17) is 9.84 Å². The fourth-order valence-electron chi connectivity index (χ4n) is 1.51. The van der Waals surface area contributed by atoms with Crippen LogP contribution in [0.3, 0.4) is 0 Å². The van der Waals surface area contributed by atoms with E-state index in [1.165, 1.54) is 0 Å². The van der Waals surface area contributed by atoms with Gasteiger partial charge in [-0.3, -0.25) is 0 Å². The van der Waals surface area contributed by atoms with Crippen molar-refractivity contribution in [1.29, 1.82) is 0 Å². The van der Waals surface area contributed by atoms with Crippen LogP contribution >= 0.6 is 0 Å². The summed E-state index contributed by atoms with van der Waals surface area (Å²) in [6.07, 6.45) is 0.334. The van der Waals surface area contributed by atoms with Gasteiger partial charge < -0.3 is 20.5 Å². The lowest BCUT2D eigenvalue weighted by Crippen LogP contribution is -2.43. The number of alkyl halides is 2. The molecule has 5 nitrogen and oxygen atoms in total. The van der Waals surface area contributed by atoms with E-state index in [1.807, 2.05) is 0 Å². The summed E-state index contributed by atoms with van der Waals surface area (Å²) >= 11 is 0. The molecule has 0 saturated carbocycles. The molecule has 0 fully saturated rings. The number of halogens is 2. The van der Waals surface area contributed by atoms with Crippen LogP contribution in [-0.4, -0.2) is 49.5 Å². The Morgan fingerprint density at radius 1 is 1.37 bits per heavy atom. The van der Waals surface area contributed by atoms with Crippen LogP contribution in [0.4, 0.5) is 13.6 Å². The Bertz CT molecular complexity index is 248. The first-order chi connectivity index (χ1) is 8.89. The number of carbonyl (C=O) groups excluding carboxylic acids is 1. The highest BCUT2D eigenvalue weighted by molar-refractivity contribution is 5.74. The zero-order valence-corrected chi connectivity index (χ0v) is 11.5. The first-order valence-electron chi connectivity index (χ1n) is 6.50. The van der Waals surface area contributed by atoms with Gasteiger partial charge in [0.05, 0.1) is 13.2 Å². The molecule has 0 radical (unpaired) electrons. The van der Waals surface area contributed by atoms with Gasteiger partial charge >= 0.3 is 6.03 Å². The Hall–Kier alpha value is -0.950. The Balaban J connectivity index is 4.10. The smallest absolute Gasteiger partial charge is 0.314 e. The predicted molar refractivity (Wildman–Crippen MR) is 68.4 cm³/mol. The standard InChI is InChI=1S/C12H24F2N2O3/c1-3-15-11(18)16-10(4-6-12(2,13)14)5-8-19-9-7-17/h10,17H,3-9H2,1-2H3,(H2,15,16,18). The number of urea groups is 1. The fourth-order valence-corrected chi connectivity index (χ4v) is 1.51. The summed E-state index contributed by atoms with van der Waals surface area (Å²) < 4.78 is 30.7. The van der Waals surface area contributed by atoms with E-state index in [2.05, 4.69) is 10.6 Å². The number of ether oxygens (including phenoxy) is 1. The van der Waals surface area contributed by atoms with Crippen LogP contribution < -0.4 is 10.6 Å². The number of amides is 2. The van der Waals surface area contributed by atoms with E-state index in [9.17, 15) is 13.6 Å². The zero-order chi connectivity index (χ0) is 14.7. The summed E-state index contributed by atoms with van der Waals surface area (Å²) in [5.74, 6) is -2.74. The summed E-state index contributed by atoms with van der Waals surface area (Å²) in [6, 6.07) is -0.731. The van der Waals surface area contributed by atoms with Crippen molar-refractivity contribution in [2.45, 2.75) is 45.1 Å². The van der Waals surface area contributed by atoms with Crippen LogP contribution in [0.15, 0.2) is 0 Å². The lowest BCUT2D eigenvalue weighted by Gasteiger charge is -2.20. The molecule has 2 amide bonds. The molecule has 0 aromatic carbocycles. The van der Waals surface area contributed by atoms with Gasteiger partial charge in [-0.25, -0.2) is 13.6 Å². The third kappa shape index (κ3) is 11.9. The number of carbonyl (C=O) groups is 1. The lowest BCUT2D eigenvalue weighted by molar-refractivity contribution is 0.00701. The lowest BCUT2D eigenvalue weighted by atomic mass is 10.1. The van der Waals surface area contributed by atoms with Crippen molar-refractivity contribution < 1.29 is 23.4 Å². The maximum absolute atomic E-state index is 12.8. The van der Waals surface area contributed by atoms with Crippen molar-refractivity contribution >= 4 is 6.03 Å². The predicted octanol–water partition coefficient (Wildman–Crippen LogP) is 1.51. The topological polar surface area (TPSA) is 70.6 Å². The van der Waals surface area contributed by atoms with Crippen molar-refractivity contribution in [3.63, 3.8) is 0 Å². The number of hydrogen-bond donors (Lipinski definition) is 3. The molecule has 0 rings (SSSR count). The van der Waals surface area contributed by atoms with Crippen LogP contribution in [0.25, 0.3) is 0 Å². The van der Waals surface area contributed by atoms with Crippen molar-refractivity contribution in [3.8, 4) is 0 Å². The molecule has 0 aliphatic carbocycles. The maximum Gasteiger partial charge on any atom is 0.314 e. The maximum atomic E-state index is 12.8. The molecule has 0 heterocycles. The third-order valence-electron chi connectivity index (χ3n) is 2.45. The van der Waals surface area contributed by atoms with Crippen molar-refractivity contribution in [2.75, 3.05) is 26.4 Å². The Kier molecular flexibility index (Phi) is 9.42. The zero-order valence-electron chi connectivity index (χ0n) is 11.5. The van der Waals surface area contributed by atoms with Crippen molar-refractivity contribution in [2.24, 2.45) is 0 Å². The van der Waals surface area contributed by atoms with E-state index in [0.717, 1.165) is 6.92 Å². The number of aliphatic hydroxyl groups is 1. The minimum Gasteiger partial charge on any atom is -0.394 e. The number of aliphatic hydroxyl groups excluding tert-OH is 1. The molecule has 19 heavy (non-hydrogen) atoms. The van der Waals surface area contributed by atoms with E-state index >= 15 is 0 Å². The summed E-state index contributed by atoms with van der Waals surface area (Å²) in [7, 11) is 0. The van der Waals surface area contributed by atoms with Gasteiger partial charge in [0.2, 0.25) is 5.92 Å². The normalized spacial score (nSPS) is 13.1. The average molecular weight is 282 g/mol. The molecule has 0 aromatic heterocycles. The fraction of sp³-hybridized carbons (Fsp3) is 0.917. The van der Waals surface area contributed by atoms with Crippen LogP contribution in [-0.2, 0) is 4.74 Å². The van der Waals surface area contributed by atoms with E-state index < -0.39 is 5.92 Å². The average Bonchev–Trinajstić information content (AvgIpc) is 2.30. The summed E-state index contributed by atoms with van der Waals surface area (Å²) in [4.78, 5) is 11.4. The molecule has 1 unspecified atom stereocenters. The molecule has 0 saturated heterocycles. The van der Waals surface area contributed by atoms with Gasteiger partial charge in [0.1, 0.15) is 0 Å². The molecule has 7 heteroatoms. The highest BCUT2D eigenvalue weighted by Gasteiger charge is 2.23. The summed E-state index contributed by atoms with van der Waals surface area (Å²) in [6.45, 7) is 3.55. The molecule has 0 aromatic rings. The SMILES string of the molecule is CCNC(=O)NC(CCOCCO)CCC(C)(F)F. The van der Waals surface area contributed by atoms with Gasteiger partial charge in [0.25, 0.3) is 0 Å². The second-order valence-electron chi connectivity index (χ2n) is 4.43. The van der Waals surface area contributed by atoms with Crippen LogP contribution in [0.2, 0.25) is 0 Å². The minimum atomic E-state index is -2.74. The van der Waals surface area contributed by atoms with Gasteiger partial charge in [-0.05, 0) is 26.7 Å². The van der Waals surface area contributed by atoms with Crippen molar-refractivity contribution in [1.82, 2.24) is 10.6 Å². The second kappa shape index (κ2) is 9.91. The number of rotatable bonds is 10. The van der Waals surface area contributed by atoms with Gasteiger partial charge in [-0.1, -0.05) is 0 Å². The van der Waals surface area contributed by atoms with Gasteiger partial charge in [0, 0.05) is 25.6 Å². The number of nitrogens with one attached hydrogen (secondary N) is 2. The quantitative estimate of drug-likeness (QED) is 0.532. The van der Waals surface area contributed by atoms with E-state index in [0.29, 0.717) is 19.6 Å². The molecule has 0 aliphatic heterocycles. The van der Waals surface area contributed by atoms with Crippen LogP contribution in [0.5, 0.6) is 0 Å². The van der Waals surface area contributed by atoms with E-state index in [-0.39, 0.29) is 38.1 Å². The molecule has 114 valence electrons.